The van der Waals surface area contributed by atoms with E-state index < -0.39 is 0 Å². The van der Waals surface area contributed by atoms with Crippen molar-refractivity contribution in [1.29, 1.82) is 0 Å². The zero-order chi connectivity index (χ0) is 19.3. The van der Waals surface area contributed by atoms with Crippen molar-refractivity contribution in [1.82, 2.24) is 0 Å². The molecule has 1 aromatic heterocycles. The molecule has 2 heterocycles. The number of para-hydroxylation sites is 3. The molecule has 0 saturated heterocycles. The van der Waals surface area contributed by atoms with E-state index in [2.05, 4.69) is 54.1 Å². The summed E-state index contributed by atoms with van der Waals surface area (Å²) in [6.07, 6.45) is 7.90. The van der Waals surface area contributed by atoms with Crippen LogP contribution in [-0.2, 0) is 6.54 Å². The minimum atomic E-state index is 0.0714. The van der Waals surface area contributed by atoms with Gasteiger partial charge >= 0.3 is 0 Å². The molecule has 2 aromatic carbocycles. The number of aromatic nitrogens is 1. The van der Waals surface area contributed by atoms with Crippen LogP contribution in [0.3, 0.4) is 0 Å². The monoisotopic (exact) mass is 375 g/mol. The summed E-state index contributed by atoms with van der Waals surface area (Å²) in [5, 5.41) is 10.7. The largest absolute Gasteiger partial charge is 0.439 e. The van der Waals surface area contributed by atoms with Crippen molar-refractivity contribution >= 4 is 22.7 Å². The molecule has 1 N–H and O–H groups in total. The fourth-order valence-electron chi connectivity index (χ4n) is 3.79. The Morgan fingerprint density at radius 2 is 1.86 bits per heavy atom. The number of benzene rings is 2. The first-order valence-corrected chi connectivity index (χ1v) is 10.1. The van der Waals surface area contributed by atoms with E-state index in [1.807, 2.05) is 29.2 Å². The van der Waals surface area contributed by atoms with Crippen LogP contribution in [0.15, 0.2) is 66.7 Å². The van der Waals surface area contributed by atoms with Gasteiger partial charge in [-0.05, 0) is 30.2 Å². The van der Waals surface area contributed by atoms with Gasteiger partial charge in [0.2, 0.25) is 11.4 Å². The number of ether oxygens (including phenoxy) is 1. The molecule has 0 fully saturated rings. The summed E-state index contributed by atoms with van der Waals surface area (Å²) >= 11 is 0. The summed E-state index contributed by atoms with van der Waals surface area (Å²) in [5.74, 6) is 1.58. The summed E-state index contributed by atoms with van der Waals surface area (Å²) in [7, 11) is 0. The number of aliphatic hydroxyl groups excluding tert-OH is 1. The van der Waals surface area contributed by atoms with Crippen molar-refractivity contribution in [3.8, 4) is 5.75 Å². The Kier molecular flexibility index (Phi) is 5.58. The lowest BCUT2D eigenvalue weighted by molar-refractivity contribution is -0.671. The van der Waals surface area contributed by atoms with Gasteiger partial charge in [-0.1, -0.05) is 37.6 Å². The summed E-state index contributed by atoms with van der Waals surface area (Å²) in [4.78, 5) is 2.03. The van der Waals surface area contributed by atoms with E-state index in [4.69, 9.17) is 4.74 Å². The van der Waals surface area contributed by atoms with Crippen LogP contribution >= 0.6 is 0 Å². The number of hydrogen-bond acceptors (Lipinski definition) is 3. The van der Waals surface area contributed by atoms with E-state index in [0.717, 1.165) is 29.4 Å². The van der Waals surface area contributed by atoms with Crippen molar-refractivity contribution in [2.24, 2.45) is 0 Å². The number of pyridine rings is 1. The number of unbranched alkanes of at least 4 members (excludes halogenated alkanes) is 2. The first-order chi connectivity index (χ1) is 13.8. The second-order valence-electron chi connectivity index (χ2n) is 7.12. The Morgan fingerprint density at radius 3 is 2.71 bits per heavy atom. The zero-order valence-electron chi connectivity index (χ0n) is 16.3. The second-order valence-corrected chi connectivity index (χ2v) is 7.12. The number of aliphatic hydroxyl groups is 1. The van der Waals surface area contributed by atoms with Crippen molar-refractivity contribution < 1.29 is 14.4 Å². The highest BCUT2D eigenvalue weighted by atomic mass is 16.5. The van der Waals surface area contributed by atoms with Crippen LogP contribution in [0.5, 0.6) is 5.75 Å². The number of β-amino-alcohol motifs (C(OH)–C–C–N with tert-alkyl or cyclic N) is 1. The first kappa shape index (κ1) is 18.5. The summed E-state index contributed by atoms with van der Waals surface area (Å²) in [5.41, 5.74) is 3.35. The van der Waals surface area contributed by atoms with Gasteiger partial charge in [-0.3, -0.25) is 0 Å². The SMILES string of the molecule is CCCCC[n+]1ccc(/C=C2\Oc3ccccc3N2CCO)c2ccccc21. The minimum Gasteiger partial charge on any atom is -0.439 e. The molecule has 4 rings (SSSR count). The third-order valence-corrected chi connectivity index (χ3v) is 5.20. The Labute approximate surface area is 166 Å². The van der Waals surface area contributed by atoms with E-state index in [1.165, 1.54) is 30.2 Å². The first-order valence-electron chi connectivity index (χ1n) is 10.1. The lowest BCUT2D eigenvalue weighted by Crippen LogP contribution is -2.34. The molecular weight excluding hydrogens is 348 g/mol. The van der Waals surface area contributed by atoms with E-state index in [0.29, 0.717) is 6.54 Å². The molecule has 4 heteroatoms. The van der Waals surface area contributed by atoms with Crippen molar-refractivity contribution in [3.05, 3.63) is 72.2 Å². The Hall–Kier alpha value is -2.85. The second kappa shape index (κ2) is 8.44. The Balaban J connectivity index is 1.72. The maximum atomic E-state index is 9.52. The van der Waals surface area contributed by atoms with Crippen molar-refractivity contribution in [2.75, 3.05) is 18.1 Å². The molecule has 0 amide bonds. The molecule has 144 valence electrons. The molecule has 0 aliphatic carbocycles. The summed E-state index contributed by atoms with van der Waals surface area (Å²) in [6, 6.07) is 18.6. The predicted octanol–water partition coefficient (Wildman–Crippen LogP) is 4.51. The normalized spacial score (nSPS) is 14.5. The van der Waals surface area contributed by atoms with Gasteiger partial charge in [-0.25, -0.2) is 0 Å². The number of anilines is 1. The van der Waals surface area contributed by atoms with Crippen LogP contribution in [0.1, 0.15) is 31.7 Å². The molecular formula is C24H27N2O2+. The molecule has 28 heavy (non-hydrogen) atoms. The Morgan fingerprint density at radius 1 is 1.04 bits per heavy atom. The highest BCUT2D eigenvalue weighted by Gasteiger charge is 2.25. The lowest BCUT2D eigenvalue weighted by atomic mass is 10.1. The fraction of sp³-hybridized carbons (Fsp3) is 0.292. The van der Waals surface area contributed by atoms with Gasteiger partial charge in [0.05, 0.1) is 17.7 Å². The molecule has 0 radical (unpaired) electrons. The van der Waals surface area contributed by atoms with Gasteiger partial charge in [0, 0.05) is 31.2 Å². The zero-order valence-corrected chi connectivity index (χ0v) is 16.3. The highest BCUT2D eigenvalue weighted by molar-refractivity contribution is 5.87. The van der Waals surface area contributed by atoms with Gasteiger partial charge in [0.1, 0.15) is 6.54 Å². The van der Waals surface area contributed by atoms with Gasteiger partial charge in [-0.15, -0.1) is 0 Å². The maximum absolute atomic E-state index is 9.52. The lowest BCUT2D eigenvalue weighted by Gasteiger charge is -2.17. The van der Waals surface area contributed by atoms with Gasteiger partial charge < -0.3 is 14.7 Å². The van der Waals surface area contributed by atoms with E-state index >= 15 is 0 Å². The fourth-order valence-corrected chi connectivity index (χ4v) is 3.79. The molecule has 1 aliphatic heterocycles. The van der Waals surface area contributed by atoms with Crippen LogP contribution < -0.4 is 14.2 Å². The van der Waals surface area contributed by atoms with Crippen LogP contribution in [0.4, 0.5) is 5.69 Å². The average molecular weight is 375 g/mol. The summed E-state index contributed by atoms with van der Waals surface area (Å²) in [6.45, 7) is 3.84. The third kappa shape index (κ3) is 3.60. The smallest absolute Gasteiger partial charge is 0.213 e. The molecule has 4 nitrogen and oxygen atoms in total. The molecule has 0 atom stereocenters. The maximum Gasteiger partial charge on any atom is 0.213 e. The topological polar surface area (TPSA) is 36.6 Å². The molecule has 3 aromatic rings. The quantitative estimate of drug-likeness (QED) is 0.488. The van der Waals surface area contributed by atoms with Crippen LogP contribution in [0.2, 0.25) is 0 Å². The number of aryl methyl sites for hydroxylation is 1. The Bertz CT molecular complexity index is 997. The average Bonchev–Trinajstić information content (AvgIpc) is 3.07. The highest BCUT2D eigenvalue weighted by Crippen LogP contribution is 2.39. The van der Waals surface area contributed by atoms with Gasteiger partial charge in [0.25, 0.3) is 0 Å². The van der Waals surface area contributed by atoms with Crippen molar-refractivity contribution in [3.63, 3.8) is 0 Å². The summed E-state index contributed by atoms with van der Waals surface area (Å²) < 4.78 is 8.44. The number of rotatable bonds is 7. The molecule has 0 unspecified atom stereocenters. The van der Waals surface area contributed by atoms with Gasteiger partial charge in [-0.2, -0.15) is 4.57 Å². The van der Waals surface area contributed by atoms with E-state index in [1.54, 1.807) is 0 Å². The van der Waals surface area contributed by atoms with Crippen molar-refractivity contribution in [2.45, 2.75) is 32.7 Å². The number of fused-ring (bicyclic) bond motifs is 2. The minimum absolute atomic E-state index is 0.0714. The van der Waals surface area contributed by atoms with Crippen LogP contribution in [0.25, 0.3) is 17.0 Å². The third-order valence-electron chi connectivity index (χ3n) is 5.20. The van der Waals surface area contributed by atoms with E-state index in [-0.39, 0.29) is 6.61 Å². The van der Waals surface area contributed by atoms with Gasteiger partial charge in [0.15, 0.2) is 11.9 Å². The molecule has 0 spiro atoms. The van der Waals surface area contributed by atoms with E-state index in [9.17, 15) is 5.11 Å². The standard InChI is InChI=1S/C24H27N2O2/c1-2-3-8-14-25-15-13-19(20-9-4-5-10-21(20)25)18-24-26(16-17-27)22-11-6-7-12-23(22)28-24/h4-7,9-13,15,18,27H,2-3,8,14,16-17H2,1H3/q+1. The molecule has 0 saturated carbocycles. The van der Waals surface area contributed by atoms with Crippen LogP contribution in [0, 0.1) is 0 Å². The predicted molar refractivity (Wildman–Crippen MR) is 113 cm³/mol. The molecule has 1 aliphatic rings. The number of hydrogen-bond donors (Lipinski definition) is 1. The molecule has 0 bridgehead atoms. The van der Waals surface area contributed by atoms with Crippen LogP contribution in [-0.4, -0.2) is 18.3 Å². The number of nitrogens with zero attached hydrogens (tertiary/aromatic N) is 2.